The Morgan fingerprint density at radius 1 is 0.964 bits per heavy atom. The maximum atomic E-state index is 6.04. The van der Waals surface area contributed by atoms with Crippen LogP contribution in [-0.4, -0.2) is 6.61 Å². The molecule has 4 rings (SSSR count). The smallest absolute Gasteiger partial charge is 0.131 e. The number of thiophene rings is 1. The Morgan fingerprint density at radius 2 is 1.71 bits per heavy atom. The second-order valence-electron chi connectivity index (χ2n) is 6.82. The summed E-state index contributed by atoms with van der Waals surface area (Å²) in [6.07, 6.45) is 0. The van der Waals surface area contributed by atoms with E-state index in [0.717, 1.165) is 44.7 Å². The topological polar surface area (TPSA) is 34.7 Å². The van der Waals surface area contributed by atoms with Crippen molar-refractivity contribution in [3.05, 3.63) is 76.4 Å². The number of rotatable bonds is 4. The number of furan rings is 1. The predicted molar refractivity (Wildman–Crippen MR) is 117 cm³/mol. The second-order valence-corrected chi connectivity index (χ2v) is 7.76. The van der Waals surface area contributed by atoms with Gasteiger partial charge in [-0.25, -0.2) is 4.99 Å². The van der Waals surface area contributed by atoms with Gasteiger partial charge in [-0.15, -0.1) is 11.3 Å². The molecule has 0 N–H and O–H groups in total. The van der Waals surface area contributed by atoms with Gasteiger partial charge >= 0.3 is 0 Å². The van der Waals surface area contributed by atoms with E-state index in [1.54, 1.807) is 11.3 Å². The van der Waals surface area contributed by atoms with Crippen LogP contribution in [0.25, 0.3) is 21.2 Å². The number of nitrogens with zero attached hydrogens (tertiary/aromatic N) is 1. The van der Waals surface area contributed by atoms with E-state index in [0.29, 0.717) is 6.61 Å². The Labute approximate surface area is 169 Å². The molecule has 0 bridgehead atoms. The zero-order chi connectivity index (χ0) is 19.7. The van der Waals surface area contributed by atoms with E-state index in [4.69, 9.17) is 14.1 Å². The molecule has 0 saturated heterocycles. The fraction of sp³-hybridized carbons (Fsp3) is 0.208. The maximum Gasteiger partial charge on any atom is 0.131 e. The molecule has 0 fully saturated rings. The lowest BCUT2D eigenvalue weighted by molar-refractivity contribution is 0.344. The quantitative estimate of drug-likeness (QED) is 0.388. The van der Waals surface area contributed by atoms with Gasteiger partial charge in [0.15, 0.2) is 0 Å². The van der Waals surface area contributed by atoms with E-state index in [9.17, 15) is 0 Å². The average Bonchev–Trinajstić information content (AvgIpc) is 3.26. The van der Waals surface area contributed by atoms with Crippen molar-refractivity contribution in [2.75, 3.05) is 6.61 Å². The van der Waals surface area contributed by atoms with Gasteiger partial charge in [0.2, 0.25) is 0 Å². The predicted octanol–water partition coefficient (Wildman–Crippen LogP) is 6.72. The SMILES string of the molecule is CCOc1cc(-c2cccs2)cc(=Nc2ccc(C)cc2)c2c(C)oc(C)c12. The molecule has 0 aliphatic carbocycles. The Hall–Kier alpha value is -2.85. The van der Waals surface area contributed by atoms with E-state index in [1.165, 1.54) is 10.4 Å². The molecule has 0 radical (unpaired) electrons. The van der Waals surface area contributed by atoms with E-state index < -0.39 is 0 Å². The lowest BCUT2D eigenvalue weighted by atomic mass is 10.2. The third-order valence-corrected chi connectivity index (χ3v) is 5.65. The standard InChI is InChI=1S/C24H23NO2S/c1-5-26-21-14-18(22-7-6-12-28-22)13-20(23-16(3)27-17(4)24(21)23)25-19-10-8-15(2)9-11-19/h6-14H,5H2,1-4H3. The zero-order valence-electron chi connectivity index (χ0n) is 16.6. The van der Waals surface area contributed by atoms with E-state index >= 15 is 0 Å². The van der Waals surface area contributed by atoms with Crippen molar-refractivity contribution in [3.8, 4) is 16.2 Å². The van der Waals surface area contributed by atoms with Crippen LogP contribution in [-0.2, 0) is 0 Å². The van der Waals surface area contributed by atoms with Crippen molar-refractivity contribution in [2.24, 2.45) is 4.99 Å². The molecule has 0 amide bonds. The summed E-state index contributed by atoms with van der Waals surface area (Å²) in [5, 5.41) is 4.98. The average molecular weight is 390 g/mol. The van der Waals surface area contributed by atoms with Gasteiger partial charge in [0.25, 0.3) is 0 Å². The fourth-order valence-corrected chi connectivity index (χ4v) is 4.18. The summed E-state index contributed by atoms with van der Waals surface area (Å²) >= 11 is 1.71. The highest BCUT2D eigenvalue weighted by molar-refractivity contribution is 7.13. The molecule has 3 nitrogen and oxygen atoms in total. The van der Waals surface area contributed by atoms with Gasteiger partial charge in [0, 0.05) is 4.88 Å². The van der Waals surface area contributed by atoms with E-state index in [2.05, 4.69) is 48.7 Å². The second kappa shape index (κ2) is 7.64. The molecule has 0 saturated carbocycles. The van der Waals surface area contributed by atoms with Crippen LogP contribution in [0.2, 0.25) is 0 Å². The molecule has 0 aliphatic heterocycles. The minimum absolute atomic E-state index is 0.594. The molecule has 4 heteroatoms. The van der Waals surface area contributed by atoms with Crippen LogP contribution in [0.5, 0.6) is 5.75 Å². The summed E-state index contributed by atoms with van der Waals surface area (Å²) < 4.78 is 12.0. The van der Waals surface area contributed by atoms with Gasteiger partial charge in [0.05, 0.1) is 28.4 Å². The number of fused-ring (bicyclic) bond motifs is 1. The number of hydrogen-bond acceptors (Lipinski definition) is 4. The minimum Gasteiger partial charge on any atom is -0.493 e. The first-order valence-corrected chi connectivity index (χ1v) is 10.3. The summed E-state index contributed by atoms with van der Waals surface area (Å²) in [6, 6.07) is 16.7. The maximum absolute atomic E-state index is 6.04. The van der Waals surface area contributed by atoms with Crippen LogP contribution in [0, 0.1) is 20.8 Å². The van der Waals surface area contributed by atoms with Gasteiger partial charge in [-0.1, -0.05) is 23.8 Å². The van der Waals surface area contributed by atoms with Crippen LogP contribution in [0.1, 0.15) is 24.0 Å². The largest absolute Gasteiger partial charge is 0.493 e. The summed E-state index contributed by atoms with van der Waals surface area (Å²) in [5.41, 5.74) is 3.24. The Kier molecular flexibility index (Phi) is 5.05. The van der Waals surface area contributed by atoms with Crippen molar-refractivity contribution in [2.45, 2.75) is 27.7 Å². The first kappa shape index (κ1) is 18.5. The summed E-state index contributed by atoms with van der Waals surface area (Å²) in [6.45, 7) is 8.65. The van der Waals surface area contributed by atoms with Crippen LogP contribution in [0.4, 0.5) is 5.69 Å². The monoisotopic (exact) mass is 389 g/mol. The summed E-state index contributed by atoms with van der Waals surface area (Å²) in [7, 11) is 0. The number of hydrogen-bond donors (Lipinski definition) is 0. The van der Waals surface area contributed by atoms with Gasteiger partial charge < -0.3 is 9.15 Å². The first-order chi connectivity index (χ1) is 13.6. The van der Waals surface area contributed by atoms with Crippen molar-refractivity contribution in [1.82, 2.24) is 0 Å². The molecule has 2 heterocycles. The molecule has 0 aliphatic rings. The third-order valence-electron chi connectivity index (χ3n) is 4.73. The highest BCUT2D eigenvalue weighted by Crippen LogP contribution is 2.34. The fourth-order valence-electron chi connectivity index (χ4n) is 3.46. The number of ether oxygens (including phenoxy) is 1. The van der Waals surface area contributed by atoms with Crippen molar-refractivity contribution < 1.29 is 9.15 Å². The molecule has 4 aromatic rings. The van der Waals surface area contributed by atoms with E-state index in [-0.39, 0.29) is 0 Å². The molecular formula is C24H23NO2S. The van der Waals surface area contributed by atoms with Crippen molar-refractivity contribution in [3.63, 3.8) is 0 Å². The molecule has 2 aromatic heterocycles. The molecule has 142 valence electrons. The highest BCUT2D eigenvalue weighted by Gasteiger charge is 2.15. The lowest BCUT2D eigenvalue weighted by Crippen LogP contribution is -2.00. The molecule has 0 atom stereocenters. The van der Waals surface area contributed by atoms with Crippen molar-refractivity contribution in [1.29, 1.82) is 0 Å². The van der Waals surface area contributed by atoms with Crippen LogP contribution < -0.4 is 10.1 Å². The number of aryl methyl sites for hydroxylation is 3. The minimum atomic E-state index is 0.594. The van der Waals surface area contributed by atoms with Gasteiger partial charge in [-0.3, -0.25) is 0 Å². The van der Waals surface area contributed by atoms with Crippen LogP contribution in [0.3, 0.4) is 0 Å². The molecule has 2 aromatic carbocycles. The van der Waals surface area contributed by atoms with E-state index in [1.807, 2.05) is 32.9 Å². The normalized spacial score (nSPS) is 11.9. The van der Waals surface area contributed by atoms with Gasteiger partial charge in [-0.2, -0.15) is 0 Å². The van der Waals surface area contributed by atoms with Gasteiger partial charge in [-0.05, 0) is 69.0 Å². The molecule has 0 spiro atoms. The first-order valence-electron chi connectivity index (χ1n) is 9.43. The summed E-state index contributed by atoms with van der Waals surface area (Å²) in [5.74, 6) is 2.54. The lowest BCUT2D eigenvalue weighted by Gasteiger charge is -2.03. The number of benzene rings is 1. The molecule has 28 heavy (non-hydrogen) atoms. The zero-order valence-corrected chi connectivity index (χ0v) is 17.4. The summed E-state index contributed by atoms with van der Waals surface area (Å²) in [4.78, 5) is 6.17. The van der Waals surface area contributed by atoms with Crippen molar-refractivity contribution >= 4 is 27.8 Å². The Balaban J connectivity index is 2.13. The Morgan fingerprint density at radius 3 is 2.39 bits per heavy atom. The molecular weight excluding hydrogens is 366 g/mol. The van der Waals surface area contributed by atoms with Gasteiger partial charge in [0.1, 0.15) is 17.3 Å². The van der Waals surface area contributed by atoms with Crippen LogP contribution in [0.15, 0.2) is 63.3 Å². The van der Waals surface area contributed by atoms with Crippen LogP contribution >= 0.6 is 11.3 Å². The third kappa shape index (κ3) is 3.48. The Bertz CT molecular complexity index is 1190. The molecule has 0 unspecified atom stereocenters. The highest BCUT2D eigenvalue weighted by atomic mass is 32.1.